The molecule has 9 nitrogen and oxygen atoms in total. The van der Waals surface area contributed by atoms with Crippen LogP contribution in [0.5, 0.6) is 11.5 Å². The Morgan fingerprint density at radius 2 is 1.96 bits per heavy atom. The zero-order chi connectivity index (χ0) is 19.2. The largest absolute Gasteiger partial charge is 0.504 e. The van der Waals surface area contributed by atoms with Gasteiger partial charge in [-0.15, -0.1) is 0 Å². The van der Waals surface area contributed by atoms with Crippen molar-refractivity contribution >= 4 is 33.2 Å². The van der Waals surface area contributed by atoms with Crippen molar-refractivity contribution in [1.29, 1.82) is 0 Å². The van der Waals surface area contributed by atoms with Crippen LogP contribution in [0.1, 0.15) is 11.3 Å². The van der Waals surface area contributed by atoms with Crippen molar-refractivity contribution in [3.05, 3.63) is 43.1 Å². The molecule has 1 aromatic carbocycles. The highest BCUT2D eigenvalue weighted by atomic mass is 79.9. The van der Waals surface area contributed by atoms with E-state index in [2.05, 4.69) is 31.1 Å². The van der Waals surface area contributed by atoms with Gasteiger partial charge >= 0.3 is 5.69 Å². The number of hydrogen-bond acceptors (Lipinski definition) is 8. The molecular formula is C15H10BrClN4O5. The minimum absolute atomic E-state index is 0.0747. The molecule has 26 heavy (non-hydrogen) atoms. The first-order valence-corrected chi connectivity index (χ1v) is 8.24. The summed E-state index contributed by atoms with van der Waals surface area (Å²) in [4.78, 5) is 18.6. The number of nitro benzene ring substituents is 1. The second-order valence-corrected chi connectivity index (χ2v) is 6.47. The van der Waals surface area contributed by atoms with Crippen LogP contribution in [0.3, 0.4) is 0 Å². The van der Waals surface area contributed by atoms with Crippen LogP contribution in [-0.2, 0) is 0 Å². The van der Waals surface area contributed by atoms with Crippen LogP contribution in [0.4, 0.5) is 5.69 Å². The molecule has 0 fully saturated rings. The fourth-order valence-electron chi connectivity index (χ4n) is 2.36. The van der Waals surface area contributed by atoms with Gasteiger partial charge in [0.05, 0.1) is 26.8 Å². The lowest BCUT2D eigenvalue weighted by Gasteiger charge is -2.08. The highest BCUT2D eigenvalue weighted by Gasteiger charge is 2.24. The van der Waals surface area contributed by atoms with E-state index in [-0.39, 0.29) is 17.3 Å². The summed E-state index contributed by atoms with van der Waals surface area (Å²) < 4.78 is 5.61. The molecule has 134 valence electrons. The number of aromatic nitrogens is 3. The fourth-order valence-corrected chi connectivity index (χ4v) is 3.23. The Hall–Kier alpha value is -2.72. The average Bonchev–Trinajstić information content (AvgIpc) is 3.04. The number of halogens is 2. The maximum absolute atomic E-state index is 11.0. The molecule has 0 radical (unpaired) electrons. The Labute approximate surface area is 159 Å². The molecule has 0 saturated heterocycles. The normalized spacial score (nSPS) is 10.9. The Bertz CT molecular complexity index is 1050. The number of phenolic OH excluding ortho intramolecular Hbond substituents is 2. The number of benzene rings is 1. The molecule has 0 spiro atoms. The van der Waals surface area contributed by atoms with E-state index in [1.807, 2.05) is 0 Å². The van der Waals surface area contributed by atoms with E-state index in [0.717, 1.165) is 12.1 Å². The Morgan fingerprint density at radius 1 is 1.27 bits per heavy atom. The predicted molar refractivity (Wildman–Crippen MR) is 95.1 cm³/mol. The molecular weight excluding hydrogens is 432 g/mol. The summed E-state index contributed by atoms with van der Waals surface area (Å²) in [5.74, 6) is -1.44. The molecule has 11 heteroatoms. The van der Waals surface area contributed by atoms with E-state index in [0.29, 0.717) is 26.4 Å². The van der Waals surface area contributed by atoms with Crippen LogP contribution >= 0.6 is 27.5 Å². The lowest BCUT2D eigenvalue weighted by molar-refractivity contribution is -0.385. The molecule has 0 unspecified atom stereocenters. The maximum Gasteiger partial charge on any atom is 0.315 e. The zero-order valence-electron chi connectivity index (χ0n) is 13.3. The third-order valence-electron chi connectivity index (χ3n) is 3.66. The van der Waals surface area contributed by atoms with Gasteiger partial charge in [-0.3, -0.25) is 10.1 Å². The third-order valence-corrected chi connectivity index (χ3v) is 4.79. The van der Waals surface area contributed by atoms with E-state index in [1.165, 1.54) is 0 Å². The minimum Gasteiger partial charge on any atom is -0.504 e. The Balaban J connectivity index is 2.13. The predicted octanol–water partition coefficient (Wildman–Crippen LogP) is 4.15. The van der Waals surface area contributed by atoms with E-state index < -0.39 is 22.1 Å². The maximum atomic E-state index is 11.0. The number of nitrogens with zero attached hydrogens (tertiary/aromatic N) is 4. The second-order valence-electron chi connectivity index (χ2n) is 5.35. The summed E-state index contributed by atoms with van der Waals surface area (Å²) in [5.41, 5.74) is 1.21. The van der Waals surface area contributed by atoms with Crippen molar-refractivity contribution in [2.45, 2.75) is 13.8 Å². The first-order valence-electron chi connectivity index (χ1n) is 7.07. The van der Waals surface area contributed by atoms with Crippen molar-refractivity contribution in [3.63, 3.8) is 0 Å². The van der Waals surface area contributed by atoms with Gasteiger partial charge in [-0.25, -0.2) is 4.98 Å². The number of hydrogen-bond donors (Lipinski definition) is 2. The van der Waals surface area contributed by atoms with Gasteiger partial charge in [0.2, 0.25) is 11.6 Å². The lowest BCUT2D eigenvalue weighted by Crippen LogP contribution is -1.95. The van der Waals surface area contributed by atoms with Crippen LogP contribution in [-0.4, -0.2) is 30.3 Å². The van der Waals surface area contributed by atoms with Gasteiger partial charge in [-0.05, 0) is 41.4 Å². The van der Waals surface area contributed by atoms with Crippen LogP contribution in [0.15, 0.2) is 21.3 Å². The molecule has 0 aliphatic rings. The molecule has 0 amide bonds. The molecule has 0 bridgehead atoms. The number of aromatic hydroxyl groups is 2. The van der Waals surface area contributed by atoms with Crippen molar-refractivity contribution in [2.24, 2.45) is 0 Å². The van der Waals surface area contributed by atoms with Crippen molar-refractivity contribution in [3.8, 4) is 34.3 Å². The van der Waals surface area contributed by atoms with Gasteiger partial charge in [0.25, 0.3) is 5.89 Å². The monoisotopic (exact) mass is 440 g/mol. The minimum atomic E-state index is -0.841. The Kier molecular flexibility index (Phi) is 4.55. The molecule has 2 N–H and O–H groups in total. The molecule has 2 heterocycles. The molecule has 3 aromatic rings. The van der Waals surface area contributed by atoms with E-state index >= 15 is 0 Å². The molecule has 0 aliphatic heterocycles. The summed E-state index contributed by atoms with van der Waals surface area (Å²) in [7, 11) is 0. The Morgan fingerprint density at radius 3 is 2.62 bits per heavy atom. The van der Waals surface area contributed by atoms with Crippen molar-refractivity contribution in [2.75, 3.05) is 0 Å². The van der Waals surface area contributed by atoms with Crippen LogP contribution < -0.4 is 0 Å². The standard InChI is InChI=1S/C15H10BrClN4O5/c1-5-10(13(16)18-6(2)11(5)17)14-19-15(26-20-14)7-3-8(21(24)25)12(23)9(22)4-7/h3-4,22-23H,1-2H3. The number of pyridine rings is 1. The number of phenols is 2. The highest BCUT2D eigenvalue weighted by molar-refractivity contribution is 9.10. The molecule has 0 aliphatic carbocycles. The lowest BCUT2D eigenvalue weighted by atomic mass is 10.1. The van der Waals surface area contributed by atoms with Gasteiger partial charge in [0.15, 0.2) is 5.75 Å². The van der Waals surface area contributed by atoms with Crippen molar-refractivity contribution < 1.29 is 19.7 Å². The molecule has 0 saturated carbocycles. The number of nitro groups is 1. The fraction of sp³-hybridized carbons (Fsp3) is 0.133. The number of rotatable bonds is 3. The first-order chi connectivity index (χ1) is 12.2. The second kappa shape index (κ2) is 6.54. The molecule has 3 rings (SSSR count). The van der Waals surface area contributed by atoms with Crippen molar-refractivity contribution in [1.82, 2.24) is 15.1 Å². The summed E-state index contributed by atoms with van der Waals surface area (Å²) in [5, 5.41) is 34.5. The SMILES string of the molecule is Cc1nc(Br)c(-c2noc(-c3cc(O)c(O)c([N+](=O)[O-])c3)n2)c(C)c1Cl. The van der Waals surface area contributed by atoms with E-state index in [4.69, 9.17) is 16.1 Å². The summed E-state index contributed by atoms with van der Waals surface area (Å²) in [6.45, 7) is 3.52. The van der Waals surface area contributed by atoms with E-state index in [1.54, 1.807) is 13.8 Å². The van der Waals surface area contributed by atoms with Gasteiger partial charge in [-0.2, -0.15) is 4.98 Å². The topological polar surface area (TPSA) is 135 Å². The van der Waals surface area contributed by atoms with Crippen LogP contribution in [0, 0.1) is 24.0 Å². The van der Waals surface area contributed by atoms with Gasteiger partial charge in [0.1, 0.15) is 4.60 Å². The van der Waals surface area contributed by atoms with Crippen LogP contribution in [0.2, 0.25) is 5.02 Å². The van der Waals surface area contributed by atoms with Gasteiger partial charge in [0, 0.05) is 6.07 Å². The van der Waals surface area contributed by atoms with Gasteiger partial charge in [-0.1, -0.05) is 16.8 Å². The van der Waals surface area contributed by atoms with E-state index in [9.17, 15) is 20.3 Å². The third kappa shape index (κ3) is 2.97. The zero-order valence-corrected chi connectivity index (χ0v) is 15.7. The summed E-state index contributed by atoms with van der Waals surface area (Å²) in [6.07, 6.45) is 0. The quantitative estimate of drug-likeness (QED) is 0.268. The van der Waals surface area contributed by atoms with Crippen LogP contribution in [0.25, 0.3) is 22.8 Å². The number of aryl methyl sites for hydroxylation is 1. The summed E-state index contributed by atoms with van der Waals surface area (Å²) >= 11 is 9.55. The summed E-state index contributed by atoms with van der Waals surface area (Å²) in [6, 6.07) is 2.11. The molecule has 2 aromatic heterocycles. The molecule has 0 atom stereocenters. The van der Waals surface area contributed by atoms with Gasteiger partial charge < -0.3 is 14.7 Å². The first kappa shape index (κ1) is 18.1. The average molecular weight is 442 g/mol. The highest BCUT2D eigenvalue weighted by Crippen LogP contribution is 2.40. The smallest absolute Gasteiger partial charge is 0.315 e.